The largest absolute Gasteiger partial charge is 0.270 e. The molecule has 1 heterocycles. The van der Waals surface area contributed by atoms with Gasteiger partial charge in [0.05, 0.1) is 15.9 Å². The summed E-state index contributed by atoms with van der Waals surface area (Å²) in [5.74, 6) is 0.384. The van der Waals surface area contributed by atoms with Crippen LogP contribution in [0.3, 0.4) is 0 Å². The smallest absolute Gasteiger partial charge is 0.228 e. The lowest BCUT2D eigenvalue weighted by Gasteiger charge is -2.14. The Morgan fingerprint density at radius 1 is 0.903 bits per heavy atom. The van der Waals surface area contributed by atoms with Crippen molar-refractivity contribution in [2.75, 3.05) is 6.26 Å². The molecule has 0 radical (unpaired) electrons. The Hall–Kier alpha value is -2.83. The second-order valence-corrected chi connectivity index (χ2v) is 10.2. The molecule has 4 aromatic rings. The zero-order valence-electron chi connectivity index (χ0n) is 18.0. The number of hydrogen-bond donors (Lipinski definition) is 0. The van der Waals surface area contributed by atoms with Crippen LogP contribution in [0.25, 0.3) is 23.2 Å². The highest BCUT2D eigenvalue weighted by Crippen LogP contribution is 2.29. The monoisotopic (exact) mass is 448 g/mol. The molecule has 0 spiro atoms. The quantitative estimate of drug-likeness (QED) is 0.347. The third-order valence-corrected chi connectivity index (χ3v) is 7.96. The molecule has 4 nitrogen and oxygen atoms in total. The normalized spacial score (nSPS) is 12.1. The third-order valence-electron chi connectivity index (χ3n) is 5.19. The van der Waals surface area contributed by atoms with E-state index in [1.165, 1.54) is 8.87 Å². The number of thioether (sulfide) groups is 1. The molecular formula is C25H24N2O2S2. The van der Waals surface area contributed by atoms with Gasteiger partial charge in [0.25, 0.3) is 10.0 Å². The topological polar surface area (TPSA) is 52.0 Å². The minimum atomic E-state index is -3.85. The summed E-state index contributed by atoms with van der Waals surface area (Å²) in [6, 6.07) is 19.2. The number of para-hydroxylation sites is 2. The summed E-state index contributed by atoms with van der Waals surface area (Å²) in [5, 5.41) is 0. The Balaban J connectivity index is 1.90. The van der Waals surface area contributed by atoms with Crippen LogP contribution in [0, 0.1) is 20.8 Å². The van der Waals surface area contributed by atoms with Crippen molar-refractivity contribution in [3.05, 3.63) is 88.7 Å². The summed E-state index contributed by atoms with van der Waals surface area (Å²) in [6.45, 7) is 5.66. The SMILES string of the molecule is CSc1ccc(/C=C/c2nc3ccccc3n2S(=O)(=O)c2c(C)cc(C)cc2C)cc1. The van der Waals surface area contributed by atoms with Gasteiger partial charge in [-0.25, -0.2) is 17.4 Å². The Morgan fingerprint density at radius 3 is 2.19 bits per heavy atom. The van der Waals surface area contributed by atoms with Crippen molar-refractivity contribution >= 4 is 45.0 Å². The molecule has 0 amide bonds. The van der Waals surface area contributed by atoms with Crippen molar-refractivity contribution < 1.29 is 8.42 Å². The first-order valence-electron chi connectivity index (χ1n) is 9.94. The van der Waals surface area contributed by atoms with Crippen molar-refractivity contribution in [3.8, 4) is 0 Å². The van der Waals surface area contributed by atoms with Crippen molar-refractivity contribution in [3.63, 3.8) is 0 Å². The number of benzene rings is 3. The first-order chi connectivity index (χ1) is 14.8. The van der Waals surface area contributed by atoms with E-state index in [1.54, 1.807) is 23.9 Å². The van der Waals surface area contributed by atoms with Crippen molar-refractivity contribution in [2.45, 2.75) is 30.6 Å². The van der Waals surface area contributed by atoms with Crippen LogP contribution < -0.4 is 0 Å². The zero-order valence-corrected chi connectivity index (χ0v) is 19.6. The maximum atomic E-state index is 13.9. The molecule has 0 aliphatic heterocycles. The number of fused-ring (bicyclic) bond motifs is 1. The Morgan fingerprint density at radius 2 is 1.55 bits per heavy atom. The predicted molar refractivity (Wildman–Crippen MR) is 130 cm³/mol. The van der Waals surface area contributed by atoms with Crippen LogP contribution in [-0.2, 0) is 10.0 Å². The molecule has 0 aliphatic rings. The first-order valence-corrected chi connectivity index (χ1v) is 12.6. The van der Waals surface area contributed by atoms with Crippen molar-refractivity contribution in [2.24, 2.45) is 0 Å². The van der Waals surface area contributed by atoms with Crippen LogP contribution >= 0.6 is 11.8 Å². The van der Waals surface area contributed by atoms with Gasteiger partial charge in [0, 0.05) is 4.90 Å². The number of rotatable bonds is 5. The van der Waals surface area contributed by atoms with Gasteiger partial charge in [-0.1, -0.05) is 48.0 Å². The summed E-state index contributed by atoms with van der Waals surface area (Å²) >= 11 is 1.68. The molecule has 1 aromatic heterocycles. The van der Waals surface area contributed by atoms with Gasteiger partial charge in [-0.2, -0.15) is 0 Å². The minimum absolute atomic E-state index is 0.334. The molecular weight excluding hydrogens is 424 g/mol. The van der Waals surface area contributed by atoms with E-state index < -0.39 is 10.0 Å². The number of imidazole rings is 1. The minimum Gasteiger partial charge on any atom is -0.228 e. The highest BCUT2D eigenvalue weighted by atomic mass is 32.2. The third kappa shape index (κ3) is 4.05. The molecule has 6 heteroatoms. The van der Waals surface area contributed by atoms with Crippen LogP contribution in [-0.4, -0.2) is 23.6 Å². The second kappa shape index (κ2) is 8.36. The Kier molecular flexibility index (Phi) is 5.77. The van der Waals surface area contributed by atoms with Gasteiger partial charge < -0.3 is 0 Å². The van der Waals surface area contributed by atoms with Crippen LogP contribution in [0.4, 0.5) is 0 Å². The maximum absolute atomic E-state index is 13.9. The fourth-order valence-corrected chi connectivity index (χ4v) is 6.21. The van der Waals surface area contributed by atoms with E-state index in [4.69, 9.17) is 0 Å². The summed E-state index contributed by atoms with van der Waals surface area (Å²) in [7, 11) is -3.85. The summed E-state index contributed by atoms with van der Waals surface area (Å²) in [5.41, 5.74) is 4.70. The van der Waals surface area contributed by atoms with Crippen LogP contribution in [0.5, 0.6) is 0 Å². The number of nitrogens with zero attached hydrogens (tertiary/aromatic N) is 2. The lowest BCUT2D eigenvalue weighted by Crippen LogP contribution is -2.17. The van der Waals surface area contributed by atoms with Crippen molar-refractivity contribution in [1.82, 2.24) is 8.96 Å². The molecule has 0 saturated carbocycles. The van der Waals surface area contributed by atoms with E-state index in [0.717, 1.165) is 22.3 Å². The molecule has 158 valence electrons. The lowest BCUT2D eigenvalue weighted by atomic mass is 10.1. The first kappa shape index (κ1) is 21.4. The van der Waals surface area contributed by atoms with Gasteiger partial charge in [0.2, 0.25) is 0 Å². The molecule has 0 bridgehead atoms. The van der Waals surface area contributed by atoms with E-state index >= 15 is 0 Å². The predicted octanol–water partition coefficient (Wildman–Crippen LogP) is 6.09. The van der Waals surface area contributed by atoms with Gasteiger partial charge in [-0.05, 0) is 74.1 Å². The number of hydrogen-bond acceptors (Lipinski definition) is 4. The summed E-state index contributed by atoms with van der Waals surface area (Å²) in [4.78, 5) is 6.13. The summed E-state index contributed by atoms with van der Waals surface area (Å²) < 4.78 is 29.1. The lowest BCUT2D eigenvalue weighted by molar-refractivity contribution is 0.587. The van der Waals surface area contributed by atoms with Crippen LogP contribution in [0.15, 0.2) is 70.5 Å². The van der Waals surface area contributed by atoms with E-state index in [9.17, 15) is 8.42 Å². The van der Waals surface area contributed by atoms with Gasteiger partial charge in [0.15, 0.2) is 0 Å². The molecule has 4 rings (SSSR count). The molecule has 31 heavy (non-hydrogen) atoms. The van der Waals surface area contributed by atoms with E-state index in [-0.39, 0.29) is 0 Å². The van der Waals surface area contributed by atoms with E-state index in [0.29, 0.717) is 21.8 Å². The Bertz CT molecular complexity index is 1380. The average molecular weight is 449 g/mol. The van der Waals surface area contributed by atoms with Gasteiger partial charge in [0.1, 0.15) is 5.82 Å². The van der Waals surface area contributed by atoms with Crippen LogP contribution in [0.1, 0.15) is 28.1 Å². The second-order valence-electron chi connectivity index (χ2n) is 7.56. The highest BCUT2D eigenvalue weighted by molar-refractivity contribution is 7.98. The van der Waals surface area contributed by atoms with Gasteiger partial charge in [-0.3, -0.25) is 0 Å². The van der Waals surface area contributed by atoms with Gasteiger partial charge in [-0.15, -0.1) is 11.8 Å². The molecule has 0 atom stereocenters. The standard InChI is InChI=1S/C25H24N2O2S2/c1-17-15-18(2)25(19(3)16-17)31(28,29)27-23-8-6-5-7-22(23)26-24(27)14-11-20-9-12-21(30-4)13-10-20/h5-16H,1-4H3/b14-11+. The molecule has 0 unspecified atom stereocenters. The van der Waals surface area contributed by atoms with Gasteiger partial charge >= 0.3 is 0 Å². The van der Waals surface area contributed by atoms with E-state index in [1.807, 2.05) is 87.7 Å². The Labute approximate surface area is 187 Å². The number of aromatic nitrogens is 2. The maximum Gasteiger partial charge on any atom is 0.270 e. The van der Waals surface area contributed by atoms with Crippen molar-refractivity contribution in [1.29, 1.82) is 0 Å². The van der Waals surface area contributed by atoms with Crippen LogP contribution in [0.2, 0.25) is 0 Å². The number of aryl methyl sites for hydroxylation is 3. The fourth-order valence-electron chi connectivity index (χ4n) is 3.93. The molecule has 0 fully saturated rings. The molecule has 0 N–H and O–H groups in total. The molecule has 3 aromatic carbocycles. The molecule has 0 saturated heterocycles. The summed E-state index contributed by atoms with van der Waals surface area (Å²) in [6.07, 6.45) is 5.70. The fraction of sp³-hybridized carbons (Fsp3) is 0.160. The average Bonchev–Trinajstić information content (AvgIpc) is 3.11. The highest BCUT2D eigenvalue weighted by Gasteiger charge is 2.26. The van der Waals surface area contributed by atoms with E-state index in [2.05, 4.69) is 4.98 Å². The molecule has 0 aliphatic carbocycles. The zero-order chi connectivity index (χ0) is 22.2.